The number of methoxy groups -OCH3 is 1. The van der Waals surface area contributed by atoms with Crippen LogP contribution in [0.5, 0.6) is 0 Å². The minimum atomic E-state index is -0.192. The summed E-state index contributed by atoms with van der Waals surface area (Å²) < 4.78 is 6.37. The Morgan fingerprint density at radius 2 is 2.09 bits per heavy atom. The summed E-state index contributed by atoms with van der Waals surface area (Å²) in [5.41, 5.74) is 2.22. The van der Waals surface area contributed by atoms with Crippen LogP contribution in [-0.2, 0) is 16.1 Å². The van der Waals surface area contributed by atoms with E-state index in [1.165, 1.54) is 7.11 Å². The maximum Gasteiger partial charge on any atom is 0.305 e. The largest absolute Gasteiger partial charge is 0.469 e. The molecule has 7 nitrogen and oxygen atoms in total. The number of nitrogens with zero attached hydrogens (tertiary/aromatic N) is 3. The van der Waals surface area contributed by atoms with E-state index in [-0.39, 0.29) is 11.9 Å². The lowest BCUT2D eigenvalue weighted by atomic mass is 10.1. The molecule has 1 N–H and O–H groups in total. The molecule has 0 aliphatic carbocycles. The van der Waals surface area contributed by atoms with Gasteiger partial charge in [0.25, 0.3) is 5.91 Å². The highest BCUT2D eigenvalue weighted by Crippen LogP contribution is 2.13. The number of benzene rings is 1. The van der Waals surface area contributed by atoms with Crippen molar-refractivity contribution in [3.05, 3.63) is 23.8 Å². The van der Waals surface area contributed by atoms with Gasteiger partial charge in [-0.15, -0.1) is 5.10 Å². The van der Waals surface area contributed by atoms with Crippen molar-refractivity contribution in [3.63, 3.8) is 0 Å². The van der Waals surface area contributed by atoms with E-state index >= 15 is 0 Å². The lowest BCUT2D eigenvalue weighted by Gasteiger charge is -2.05. The van der Waals surface area contributed by atoms with Crippen molar-refractivity contribution >= 4 is 22.9 Å². The van der Waals surface area contributed by atoms with Crippen molar-refractivity contribution in [1.82, 2.24) is 20.3 Å². The first-order chi connectivity index (χ1) is 11.2. The van der Waals surface area contributed by atoms with Crippen LogP contribution in [0, 0.1) is 0 Å². The number of fused-ring (bicyclic) bond motifs is 1. The highest BCUT2D eigenvalue weighted by molar-refractivity contribution is 5.97. The Morgan fingerprint density at radius 3 is 2.83 bits per heavy atom. The first kappa shape index (κ1) is 16.9. The number of carbonyl (C=O) groups excluding carboxylic acids is 2. The van der Waals surface area contributed by atoms with Gasteiger partial charge in [-0.25, -0.2) is 4.68 Å². The SMILES string of the molecule is CCn1nnc2cc(C(=O)NCCCCCC(=O)OC)ccc21. The molecule has 0 fully saturated rings. The molecule has 1 aromatic heterocycles. The normalized spacial score (nSPS) is 10.7. The van der Waals surface area contributed by atoms with Crippen molar-refractivity contribution < 1.29 is 14.3 Å². The third kappa shape index (κ3) is 4.51. The standard InChI is InChI=1S/C16H22N4O3/c1-3-20-14-9-8-12(11-13(14)18-19-20)16(22)17-10-6-4-5-7-15(21)23-2/h8-9,11H,3-7,10H2,1-2H3,(H,17,22). The molecule has 0 bridgehead atoms. The summed E-state index contributed by atoms with van der Waals surface area (Å²) in [7, 11) is 1.39. The number of unbranched alkanes of at least 4 members (excludes halogenated alkanes) is 2. The van der Waals surface area contributed by atoms with Crippen molar-refractivity contribution in [2.24, 2.45) is 0 Å². The Kier molecular flexibility index (Phi) is 6.08. The molecule has 2 rings (SSSR count). The number of ether oxygens (including phenoxy) is 1. The zero-order valence-electron chi connectivity index (χ0n) is 13.5. The fraction of sp³-hybridized carbons (Fsp3) is 0.500. The van der Waals surface area contributed by atoms with Gasteiger partial charge in [0.2, 0.25) is 0 Å². The number of aryl methyl sites for hydroxylation is 1. The summed E-state index contributed by atoms with van der Waals surface area (Å²) in [6.07, 6.45) is 2.90. The van der Waals surface area contributed by atoms with E-state index in [0.717, 1.165) is 36.8 Å². The Hall–Kier alpha value is -2.44. The van der Waals surface area contributed by atoms with Crippen LogP contribution >= 0.6 is 0 Å². The molecule has 23 heavy (non-hydrogen) atoms. The average molecular weight is 318 g/mol. The highest BCUT2D eigenvalue weighted by atomic mass is 16.5. The second-order valence-corrected chi connectivity index (χ2v) is 5.25. The number of rotatable bonds is 8. The number of carbonyl (C=O) groups is 2. The summed E-state index contributed by atoms with van der Waals surface area (Å²) in [5, 5.41) is 11.0. The molecular weight excluding hydrogens is 296 g/mol. The Bertz CT molecular complexity index is 681. The van der Waals surface area contributed by atoms with Crippen molar-refractivity contribution in [2.45, 2.75) is 39.2 Å². The predicted octanol–water partition coefficient (Wildman–Crippen LogP) is 1.91. The van der Waals surface area contributed by atoms with Gasteiger partial charge >= 0.3 is 5.97 Å². The van der Waals surface area contributed by atoms with E-state index < -0.39 is 0 Å². The number of hydrogen-bond acceptors (Lipinski definition) is 5. The van der Waals surface area contributed by atoms with Crippen LogP contribution in [0.25, 0.3) is 11.0 Å². The summed E-state index contributed by atoms with van der Waals surface area (Å²) in [5.74, 6) is -0.312. The van der Waals surface area contributed by atoms with E-state index in [1.54, 1.807) is 16.8 Å². The minimum Gasteiger partial charge on any atom is -0.469 e. The smallest absolute Gasteiger partial charge is 0.305 e. The molecule has 124 valence electrons. The van der Waals surface area contributed by atoms with E-state index in [1.807, 2.05) is 13.0 Å². The van der Waals surface area contributed by atoms with Gasteiger partial charge < -0.3 is 10.1 Å². The lowest BCUT2D eigenvalue weighted by Crippen LogP contribution is -2.24. The second kappa shape index (κ2) is 8.26. The molecule has 0 spiro atoms. The summed E-state index contributed by atoms with van der Waals surface area (Å²) in [4.78, 5) is 23.1. The maximum absolute atomic E-state index is 12.1. The topological polar surface area (TPSA) is 86.1 Å². The van der Waals surface area contributed by atoms with Crippen molar-refractivity contribution in [2.75, 3.05) is 13.7 Å². The Morgan fingerprint density at radius 1 is 1.26 bits per heavy atom. The third-order valence-corrected chi connectivity index (χ3v) is 3.65. The number of hydrogen-bond donors (Lipinski definition) is 1. The third-order valence-electron chi connectivity index (χ3n) is 3.65. The van der Waals surface area contributed by atoms with Crippen LogP contribution in [0.3, 0.4) is 0 Å². The molecule has 0 saturated heterocycles. The molecule has 0 saturated carbocycles. The summed E-state index contributed by atoms with van der Waals surface area (Å²) >= 11 is 0. The predicted molar refractivity (Wildman–Crippen MR) is 86.0 cm³/mol. The summed E-state index contributed by atoms with van der Waals surface area (Å²) in [6, 6.07) is 5.40. The van der Waals surface area contributed by atoms with Gasteiger partial charge in [0, 0.05) is 25.1 Å². The first-order valence-corrected chi connectivity index (χ1v) is 7.84. The van der Waals surface area contributed by atoms with E-state index in [2.05, 4.69) is 20.4 Å². The molecule has 0 atom stereocenters. The monoisotopic (exact) mass is 318 g/mol. The Balaban J connectivity index is 1.78. The number of nitrogens with one attached hydrogen (secondary N) is 1. The van der Waals surface area contributed by atoms with Crippen molar-refractivity contribution in [3.8, 4) is 0 Å². The minimum absolute atomic E-state index is 0.120. The lowest BCUT2D eigenvalue weighted by molar-refractivity contribution is -0.140. The molecule has 1 amide bonds. The van der Waals surface area contributed by atoms with Crippen LogP contribution in [-0.4, -0.2) is 40.5 Å². The molecule has 1 aromatic carbocycles. The quantitative estimate of drug-likeness (QED) is 0.593. The fourth-order valence-corrected chi connectivity index (χ4v) is 2.32. The zero-order valence-corrected chi connectivity index (χ0v) is 13.5. The van der Waals surface area contributed by atoms with Gasteiger partial charge in [-0.2, -0.15) is 0 Å². The Labute approximate surface area is 135 Å². The van der Waals surface area contributed by atoms with Crippen LogP contribution in [0.1, 0.15) is 43.0 Å². The van der Waals surface area contributed by atoms with Gasteiger partial charge in [0.15, 0.2) is 0 Å². The van der Waals surface area contributed by atoms with Gasteiger partial charge in [-0.3, -0.25) is 9.59 Å². The highest BCUT2D eigenvalue weighted by Gasteiger charge is 2.09. The van der Waals surface area contributed by atoms with Crippen LogP contribution < -0.4 is 5.32 Å². The fourth-order valence-electron chi connectivity index (χ4n) is 2.32. The van der Waals surface area contributed by atoms with Crippen LogP contribution in [0.15, 0.2) is 18.2 Å². The van der Waals surface area contributed by atoms with E-state index in [0.29, 0.717) is 18.5 Å². The van der Waals surface area contributed by atoms with Crippen LogP contribution in [0.2, 0.25) is 0 Å². The van der Waals surface area contributed by atoms with E-state index in [9.17, 15) is 9.59 Å². The molecule has 0 radical (unpaired) electrons. The molecule has 1 heterocycles. The summed E-state index contributed by atoms with van der Waals surface area (Å²) in [6.45, 7) is 3.32. The van der Waals surface area contributed by atoms with Gasteiger partial charge in [-0.05, 0) is 38.0 Å². The van der Waals surface area contributed by atoms with Crippen molar-refractivity contribution in [1.29, 1.82) is 0 Å². The molecule has 7 heteroatoms. The maximum atomic E-state index is 12.1. The molecule has 0 aliphatic heterocycles. The van der Waals surface area contributed by atoms with Gasteiger partial charge in [0.05, 0.1) is 12.6 Å². The number of esters is 1. The molecule has 0 unspecified atom stereocenters. The van der Waals surface area contributed by atoms with Crippen LogP contribution in [0.4, 0.5) is 0 Å². The average Bonchev–Trinajstić information content (AvgIpc) is 2.99. The number of amides is 1. The molecular formula is C16H22N4O3. The first-order valence-electron chi connectivity index (χ1n) is 7.84. The second-order valence-electron chi connectivity index (χ2n) is 5.25. The molecule has 2 aromatic rings. The van der Waals surface area contributed by atoms with E-state index in [4.69, 9.17) is 0 Å². The molecule has 0 aliphatic rings. The van der Waals surface area contributed by atoms with Gasteiger partial charge in [0.1, 0.15) is 5.52 Å². The van der Waals surface area contributed by atoms with Gasteiger partial charge in [-0.1, -0.05) is 11.6 Å². The zero-order chi connectivity index (χ0) is 16.7. The number of aromatic nitrogens is 3.